The van der Waals surface area contributed by atoms with Crippen LogP contribution in [0.15, 0.2) is 0 Å². The summed E-state index contributed by atoms with van der Waals surface area (Å²) in [4.78, 5) is 21.4. The summed E-state index contributed by atoms with van der Waals surface area (Å²) in [7, 11) is 0. The van der Waals surface area contributed by atoms with Crippen LogP contribution in [0.5, 0.6) is 0 Å². The van der Waals surface area contributed by atoms with E-state index in [0.29, 0.717) is 6.04 Å². The largest absolute Gasteiger partial charge is 0.441 e. The SMILES string of the molecule is CC.CC.CC.CC(C)C1CC2CCC(C1)N2C(C)C.CC(C)C1CN(C(C)C)C1.CC(C)N1CCC2(CC1)CN(C(C)C)C(=O)O2. The highest BCUT2D eigenvalue weighted by molar-refractivity contribution is 5.71. The van der Waals surface area contributed by atoms with Gasteiger partial charge in [0.1, 0.15) is 5.60 Å². The highest BCUT2D eigenvalue weighted by Gasteiger charge is 2.47. The van der Waals surface area contributed by atoms with Gasteiger partial charge in [-0.3, -0.25) is 4.90 Å². The molecular weight excluding hydrogens is 580 g/mol. The number of likely N-dealkylation sites (tertiary alicyclic amines) is 2. The minimum absolute atomic E-state index is 0.127. The highest BCUT2D eigenvalue weighted by Crippen LogP contribution is 2.42. The molecule has 0 aliphatic carbocycles. The minimum Gasteiger partial charge on any atom is -0.441 e. The fraction of sp³-hybridized carbons (Fsp3) is 0.976. The molecular formula is C41H86N4O2. The van der Waals surface area contributed by atoms with Crippen molar-refractivity contribution in [1.29, 1.82) is 0 Å². The second-order valence-electron chi connectivity index (χ2n) is 15.9. The van der Waals surface area contributed by atoms with Gasteiger partial charge in [-0.25, -0.2) is 4.79 Å². The molecule has 0 aromatic carbocycles. The smallest absolute Gasteiger partial charge is 0.410 e. The van der Waals surface area contributed by atoms with E-state index >= 15 is 0 Å². The first kappa shape index (κ1) is 46.1. The van der Waals surface area contributed by atoms with Crippen LogP contribution in [0, 0.1) is 23.7 Å². The van der Waals surface area contributed by atoms with Crippen molar-refractivity contribution in [2.75, 3.05) is 32.7 Å². The van der Waals surface area contributed by atoms with E-state index in [1.54, 1.807) is 0 Å². The van der Waals surface area contributed by atoms with Crippen molar-refractivity contribution in [3.8, 4) is 0 Å². The Morgan fingerprint density at radius 1 is 0.596 bits per heavy atom. The second kappa shape index (κ2) is 22.8. The molecule has 2 bridgehead atoms. The van der Waals surface area contributed by atoms with Gasteiger partial charge in [0.2, 0.25) is 0 Å². The predicted octanol–water partition coefficient (Wildman–Crippen LogP) is 10.4. The van der Waals surface area contributed by atoms with Gasteiger partial charge in [0.25, 0.3) is 0 Å². The first-order valence-electron chi connectivity index (χ1n) is 20.4. The van der Waals surface area contributed by atoms with Gasteiger partial charge in [-0.15, -0.1) is 0 Å². The first-order valence-corrected chi connectivity index (χ1v) is 20.4. The van der Waals surface area contributed by atoms with Crippen LogP contribution in [0.3, 0.4) is 0 Å². The van der Waals surface area contributed by atoms with Crippen molar-refractivity contribution >= 4 is 6.09 Å². The molecule has 47 heavy (non-hydrogen) atoms. The zero-order valence-electron chi connectivity index (χ0n) is 35.2. The van der Waals surface area contributed by atoms with Crippen molar-refractivity contribution in [3.05, 3.63) is 0 Å². The van der Waals surface area contributed by atoms with E-state index in [4.69, 9.17) is 4.74 Å². The third-order valence-corrected chi connectivity index (χ3v) is 11.0. The molecule has 5 fully saturated rings. The maximum Gasteiger partial charge on any atom is 0.410 e. The molecule has 282 valence electrons. The first-order chi connectivity index (χ1) is 22.1. The molecule has 0 saturated carbocycles. The summed E-state index contributed by atoms with van der Waals surface area (Å²) in [5, 5.41) is 0. The number of hydrogen-bond donors (Lipinski definition) is 0. The minimum atomic E-state index is -0.202. The summed E-state index contributed by atoms with van der Waals surface area (Å²) in [5.41, 5.74) is -0.202. The zero-order valence-corrected chi connectivity index (χ0v) is 35.2. The Labute approximate surface area is 296 Å². The highest BCUT2D eigenvalue weighted by atomic mass is 16.6. The lowest BCUT2D eigenvalue weighted by Crippen LogP contribution is -2.51. The Morgan fingerprint density at radius 3 is 1.34 bits per heavy atom. The van der Waals surface area contributed by atoms with Crippen LogP contribution in [-0.2, 0) is 4.74 Å². The Morgan fingerprint density at radius 2 is 1.02 bits per heavy atom. The molecule has 2 atom stereocenters. The molecule has 5 saturated heterocycles. The van der Waals surface area contributed by atoms with Crippen LogP contribution in [0.25, 0.3) is 0 Å². The quantitative estimate of drug-likeness (QED) is 0.282. The van der Waals surface area contributed by atoms with E-state index < -0.39 is 0 Å². The van der Waals surface area contributed by atoms with Crippen LogP contribution >= 0.6 is 0 Å². The van der Waals surface area contributed by atoms with Crippen LogP contribution in [-0.4, -0.2) is 100 Å². The second-order valence-corrected chi connectivity index (χ2v) is 15.9. The number of amides is 1. The third-order valence-electron chi connectivity index (χ3n) is 11.0. The summed E-state index contributed by atoms with van der Waals surface area (Å²) < 4.78 is 5.65. The van der Waals surface area contributed by atoms with Gasteiger partial charge in [0.15, 0.2) is 0 Å². The number of piperidine rings is 2. The average Bonchev–Trinajstić information content (AvgIpc) is 3.47. The van der Waals surface area contributed by atoms with Crippen molar-refractivity contribution in [1.82, 2.24) is 19.6 Å². The molecule has 2 unspecified atom stereocenters. The van der Waals surface area contributed by atoms with E-state index in [1.807, 2.05) is 60.3 Å². The molecule has 5 rings (SSSR count). The molecule has 0 N–H and O–H groups in total. The Kier molecular flexibility index (Phi) is 22.4. The van der Waals surface area contributed by atoms with Gasteiger partial charge in [0, 0.05) is 75.3 Å². The third kappa shape index (κ3) is 13.8. The number of fused-ring (bicyclic) bond motifs is 2. The number of ether oxygens (including phenoxy) is 1. The lowest BCUT2D eigenvalue weighted by Gasteiger charge is -2.44. The maximum atomic E-state index is 11.8. The molecule has 1 amide bonds. The number of rotatable bonds is 6. The zero-order chi connectivity index (χ0) is 36.6. The van der Waals surface area contributed by atoms with Gasteiger partial charge in [-0.1, -0.05) is 69.2 Å². The molecule has 6 heteroatoms. The van der Waals surface area contributed by atoms with Crippen molar-refractivity contribution in [2.24, 2.45) is 23.7 Å². The van der Waals surface area contributed by atoms with Crippen molar-refractivity contribution < 1.29 is 9.53 Å². The monoisotopic (exact) mass is 667 g/mol. The molecule has 0 radical (unpaired) electrons. The Balaban J connectivity index is 0.000000640. The van der Waals surface area contributed by atoms with E-state index in [0.717, 1.165) is 80.3 Å². The van der Waals surface area contributed by atoms with Crippen molar-refractivity contribution in [2.45, 2.75) is 205 Å². The van der Waals surface area contributed by atoms with Gasteiger partial charge < -0.3 is 19.4 Å². The van der Waals surface area contributed by atoms with Crippen molar-refractivity contribution in [3.63, 3.8) is 0 Å². The fourth-order valence-electron chi connectivity index (χ4n) is 7.79. The number of nitrogens with zero attached hydrogens (tertiary/aromatic N) is 4. The van der Waals surface area contributed by atoms with Gasteiger partial charge in [-0.2, -0.15) is 0 Å². The number of carbonyl (C=O) groups excluding carboxylic acids is 1. The van der Waals surface area contributed by atoms with Gasteiger partial charge in [-0.05, 0) is 105 Å². The molecule has 1 spiro atoms. The van der Waals surface area contributed by atoms with Crippen LogP contribution in [0.1, 0.15) is 163 Å². The molecule has 5 aliphatic rings. The number of carbonyl (C=O) groups is 1. The predicted molar refractivity (Wildman–Crippen MR) is 207 cm³/mol. The van der Waals surface area contributed by atoms with Crippen LogP contribution in [0.4, 0.5) is 4.79 Å². The molecule has 5 heterocycles. The maximum absolute atomic E-state index is 11.8. The number of hydrogen-bond acceptors (Lipinski definition) is 5. The van der Waals surface area contributed by atoms with E-state index in [2.05, 4.69) is 83.9 Å². The Bertz CT molecular complexity index is 771. The lowest BCUT2D eigenvalue weighted by atomic mass is 9.82. The molecule has 5 aliphatic heterocycles. The normalized spacial score (nSPS) is 25.7. The molecule has 0 aromatic heterocycles. The van der Waals surface area contributed by atoms with Crippen LogP contribution < -0.4 is 0 Å². The summed E-state index contributed by atoms with van der Waals surface area (Å²) >= 11 is 0. The van der Waals surface area contributed by atoms with E-state index in [-0.39, 0.29) is 17.7 Å². The van der Waals surface area contributed by atoms with Gasteiger partial charge >= 0.3 is 6.09 Å². The summed E-state index contributed by atoms with van der Waals surface area (Å²) in [6.07, 6.45) is 7.68. The average molecular weight is 667 g/mol. The van der Waals surface area contributed by atoms with Gasteiger partial charge in [0.05, 0.1) is 6.54 Å². The van der Waals surface area contributed by atoms with E-state index in [9.17, 15) is 4.79 Å². The fourth-order valence-corrected chi connectivity index (χ4v) is 7.79. The van der Waals surface area contributed by atoms with E-state index in [1.165, 1.54) is 38.8 Å². The summed E-state index contributed by atoms with van der Waals surface area (Å²) in [6.45, 7) is 44.8. The topological polar surface area (TPSA) is 39.3 Å². The Hall–Kier alpha value is -0.850. The molecule has 0 aromatic rings. The van der Waals surface area contributed by atoms with Crippen LogP contribution in [0.2, 0.25) is 0 Å². The summed E-state index contributed by atoms with van der Waals surface area (Å²) in [6, 6.07) is 4.19. The molecule has 6 nitrogen and oxygen atoms in total. The summed E-state index contributed by atoms with van der Waals surface area (Å²) in [5.74, 6) is 3.76. The lowest BCUT2D eigenvalue weighted by molar-refractivity contribution is -0.00643. The standard InChI is InChI=1S/C13H24N2O2.C13H25N.C9H19N.3C2H6/c1-10(2)14-7-5-13(6-8-14)9-15(11(3)4)12(16)17-13;1-9(2)11-7-12-5-6-13(8-11)14(12)10(3)4;1-7(2)9-5-10(6-9)8(3)4;3*1-2/h10-11H,5-9H2,1-4H3;9-13H,5-8H2,1-4H3;7-9H,5-6H2,1-4H3;3*1-2H3.